The maximum absolute atomic E-state index is 10.9. The molecule has 0 aliphatic rings. The van der Waals surface area contributed by atoms with Gasteiger partial charge in [0, 0.05) is 5.92 Å². The smallest absolute Gasteiger partial charge is 0.127 e. The SMILES string of the molecule is CCC(C=O)c1ccc(OC)c(C(C)C)c1. The lowest BCUT2D eigenvalue weighted by molar-refractivity contribution is -0.109. The molecule has 0 aromatic heterocycles. The van der Waals surface area contributed by atoms with Crippen LogP contribution in [0.4, 0.5) is 0 Å². The molecule has 0 radical (unpaired) electrons. The average Bonchev–Trinajstić information content (AvgIpc) is 2.30. The van der Waals surface area contributed by atoms with E-state index in [1.165, 1.54) is 5.56 Å². The molecule has 0 bridgehead atoms. The van der Waals surface area contributed by atoms with Gasteiger partial charge < -0.3 is 9.53 Å². The first-order chi connectivity index (χ1) is 7.63. The zero-order valence-electron chi connectivity index (χ0n) is 10.5. The van der Waals surface area contributed by atoms with Crippen molar-refractivity contribution < 1.29 is 9.53 Å². The molecule has 0 aliphatic heterocycles. The maximum atomic E-state index is 10.9. The lowest BCUT2D eigenvalue weighted by Gasteiger charge is -2.15. The van der Waals surface area contributed by atoms with Gasteiger partial charge in [0.15, 0.2) is 0 Å². The Labute approximate surface area is 97.6 Å². The lowest BCUT2D eigenvalue weighted by Crippen LogP contribution is -2.02. The van der Waals surface area contributed by atoms with Crippen molar-refractivity contribution in [3.63, 3.8) is 0 Å². The molecule has 88 valence electrons. The first-order valence-corrected chi connectivity index (χ1v) is 5.77. The minimum absolute atomic E-state index is 0.00315. The summed E-state index contributed by atoms with van der Waals surface area (Å²) in [5.74, 6) is 1.31. The van der Waals surface area contributed by atoms with E-state index in [4.69, 9.17) is 4.74 Å². The first kappa shape index (κ1) is 12.8. The van der Waals surface area contributed by atoms with Crippen molar-refractivity contribution in [2.24, 2.45) is 0 Å². The quantitative estimate of drug-likeness (QED) is 0.710. The van der Waals surface area contributed by atoms with Gasteiger partial charge >= 0.3 is 0 Å². The van der Waals surface area contributed by atoms with Crippen LogP contribution in [0.15, 0.2) is 18.2 Å². The van der Waals surface area contributed by atoms with E-state index < -0.39 is 0 Å². The third kappa shape index (κ3) is 2.63. The van der Waals surface area contributed by atoms with E-state index in [9.17, 15) is 4.79 Å². The number of methoxy groups -OCH3 is 1. The van der Waals surface area contributed by atoms with Crippen LogP contribution in [0.3, 0.4) is 0 Å². The van der Waals surface area contributed by atoms with Crippen LogP contribution >= 0.6 is 0 Å². The van der Waals surface area contributed by atoms with Gasteiger partial charge in [0.05, 0.1) is 7.11 Å². The number of carbonyl (C=O) groups is 1. The minimum Gasteiger partial charge on any atom is -0.496 e. The second-order valence-electron chi connectivity index (χ2n) is 4.31. The highest BCUT2D eigenvalue weighted by atomic mass is 16.5. The molecule has 2 nitrogen and oxygen atoms in total. The van der Waals surface area contributed by atoms with Crippen LogP contribution in [0.2, 0.25) is 0 Å². The van der Waals surface area contributed by atoms with Gasteiger partial charge in [-0.3, -0.25) is 0 Å². The fraction of sp³-hybridized carbons (Fsp3) is 0.500. The molecule has 0 saturated carbocycles. The molecule has 0 amide bonds. The molecule has 1 rings (SSSR count). The predicted octanol–water partition coefficient (Wildman–Crippen LogP) is 3.51. The summed E-state index contributed by atoms with van der Waals surface area (Å²) < 4.78 is 5.32. The number of ether oxygens (including phenoxy) is 1. The second kappa shape index (κ2) is 5.69. The monoisotopic (exact) mass is 220 g/mol. The minimum atomic E-state index is 0.00315. The van der Waals surface area contributed by atoms with Crippen LogP contribution < -0.4 is 4.74 Å². The molecular weight excluding hydrogens is 200 g/mol. The number of benzene rings is 1. The van der Waals surface area contributed by atoms with Crippen molar-refractivity contribution in [2.45, 2.75) is 39.0 Å². The third-order valence-electron chi connectivity index (χ3n) is 2.91. The summed E-state index contributed by atoms with van der Waals surface area (Å²) in [4.78, 5) is 10.9. The van der Waals surface area contributed by atoms with Crippen molar-refractivity contribution in [2.75, 3.05) is 7.11 Å². The fourth-order valence-electron chi connectivity index (χ4n) is 1.85. The van der Waals surface area contributed by atoms with Crippen molar-refractivity contribution in [1.29, 1.82) is 0 Å². The summed E-state index contributed by atoms with van der Waals surface area (Å²) in [6.07, 6.45) is 1.86. The van der Waals surface area contributed by atoms with Crippen LogP contribution in [-0.4, -0.2) is 13.4 Å². The summed E-state index contributed by atoms with van der Waals surface area (Å²) in [6, 6.07) is 6.02. The first-order valence-electron chi connectivity index (χ1n) is 5.77. The molecule has 2 heteroatoms. The fourth-order valence-corrected chi connectivity index (χ4v) is 1.85. The average molecular weight is 220 g/mol. The highest BCUT2D eigenvalue weighted by molar-refractivity contribution is 5.62. The van der Waals surface area contributed by atoms with Gasteiger partial charge in [-0.15, -0.1) is 0 Å². The largest absolute Gasteiger partial charge is 0.496 e. The Morgan fingerprint density at radius 2 is 2.06 bits per heavy atom. The molecule has 0 heterocycles. The van der Waals surface area contributed by atoms with Crippen LogP contribution in [0, 0.1) is 0 Å². The van der Waals surface area contributed by atoms with Crippen molar-refractivity contribution in [1.82, 2.24) is 0 Å². The summed E-state index contributed by atoms with van der Waals surface area (Å²) in [5, 5.41) is 0. The lowest BCUT2D eigenvalue weighted by atomic mass is 9.92. The van der Waals surface area contributed by atoms with Gasteiger partial charge in [-0.1, -0.05) is 32.9 Å². The second-order valence-corrected chi connectivity index (χ2v) is 4.31. The Balaban J connectivity index is 3.15. The predicted molar refractivity (Wildman–Crippen MR) is 66.2 cm³/mol. The van der Waals surface area contributed by atoms with Gasteiger partial charge in [0.1, 0.15) is 12.0 Å². The Hall–Kier alpha value is -1.31. The van der Waals surface area contributed by atoms with Crippen LogP contribution in [0.5, 0.6) is 5.75 Å². The zero-order valence-corrected chi connectivity index (χ0v) is 10.5. The summed E-state index contributed by atoms with van der Waals surface area (Å²) in [6.45, 7) is 6.28. The van der Waals surface area contributed by atoms with E-state index in [1.54, 1.807) is 7.11 Å². The van der Waals surface area contributed by atoms with Gasteiger partial charge in [0.2, 0.25) is 0 Å². The Morgan fingerprint density at radius 1 is 1.38 bits per heavy atom. The number of hydrogen-bond acceptors (Lipinski definition) is 2. The van der Waals surface area contributed by atoms with Crippen molar-refractivity contribution >= 4 is 6.29 Å². The van der Waals surface area contributed by atoms with Gasteiger partial charge in [0.25, 0.3) is 0 Å². The molecule has 0 aliphatic carbocycles. The molecule has 0 saturated heterocycles. The normalized spacial score (nSPS) is 12.6. The molecule has 1 unspecified atom stereocenters. The summed E-state index contributed by atoms with van der Waals surface area (Å²) >= 11 is 0. The Bertz CT molecular complexity index is 356. The van der Waals surface area contributed by atoms with E-state index >= 15 is 0 Å². The van der Waals surface area contributed by atoms with Crippen LogP contribution in [-0.2, 0) is 4.79 Å². The molecule has 0 fully saturated rings. The molecule has 0 spiro atoms. The molecule has 1 aromatic rings. The number of aldehydes is 1. The molecule has 0 N–H and O–H groups in total. The van der Waals surface area contributed by atoms with Crippen molar-refractivity contribution in [3.8, 4) is 5.75 Å². The Kier molecular flexibility index (Phi) is 4.53. The van der Waals surface area contributed by atoms with Crippen LogP contribution in [0.1, 0.15) is 50.2 Å². The van der Waals surface area contributed by atoms with Gasteiger partial charge in [-0.25, -0.2) is 0 Å². The van der Waals surface area contributed by atoms with E-state index in [2.05, 4.69) is 19.9 Å². The highest BCUT2D eigenvalue weighted by Gasteiger charge is 2.13. The molecule has 1 aromatic carbocycles. The van der Waals surface area contributed by atoms with E-state index in [1.807, 2.05) is 19.1 Å². The van der Waals surface area contributed by atoms with E-state index in [0.717, 1.165) is 24.0 Å². The standard InChI is InChI=1S/C14H20O2/c1-5-11(9-15)12-6-7-14(16-4)13(8-12)10(2)3/h6-11H,5H2,1-4H3. The van der Waals surface area contributed by atoms with E-state index in [-0.39, 0.29) is 5.92 Å². The van der Waals surface area contributed by atoms with E-state index in [0.29, 0.717) is 5.92 Å². The number of carbonyl (C=O) groups excluding carboxylic acids is 1. The summed E-state index contributed by atoms with van der Waals surface area (Å²) in [7, 11) is 1.68. The van der Waals surface area contributed by atoms with Gasteiger partial charge in [-0.2, -0.15) is 0 Å². The third-order valence-corrected chi connectivity index (χ3v) is 2.91. The number of hydrogen-bond donors (Lipinski definition) is 0. The molecule has 16 heavy (non-hydrogen) atoms. The highest BCUT2D eigenvalue weighted by Crippen LogP contribution is 2.30. The maximum Gasteiger partial charge on any atom is 0.127 e. The van der Waals surface area contributed by atoms with Crippen molar-refractivity contribution in [3.05, 3.63) is 29.3 Å². The summed E-state index contributed by atoms with van der Waals surface area (Å²) in [5.41, 5.74) is 2.25. The topological polar surface area (TPSA) is 26.3 Å². The van der Waals surface area contributed by atoms with Gasteiger partial charge in [-0.05, 0) is 29.5 Å². The molecular formula is C14H20O2. The number of rotatable bonds is 5. The van der Waals surface area contributed by atoms with Crippen LogP contribution in [0.25, 0.3) is 0 Å². The zero-order chi connectivity index (χ0) is 12.1. The molecule has 1 atom stereocenters. The Morgan fingerprint density at radius 3 is 2.50 bits per heavy atom.